The van der Waals surface area contributed by atoms with Gasteiger partial charge < -0.3 is 9.84 Å². The number of benzene rings is 2. The summed E-state index contributed by atoms with van der Waals surface area (Å²) in [5.41, 5.74) is 4.92. The molecule has 0 saturated heterocycles. The average molecular weight is 334 g/mol. The molecule has 0 fully saturated rings. The number of aryl methyl sites for hydroxylation is 1. The van der Waals surface area contributed by atoms with Gasteiger partial charge in [-0.15, -0.1) is 5.92 Å². The zero-order valence-electron chi connectivity index (χ0n) is 14.6. The molecule has 1 aliphatic carbocycles. The molecule has 0 heterocycles. The van der Waals surface area contributed by atoms with Crippen LogP contribution in [0, 0.1) is 18.8 Å². The summed E-state index contributed by atoms with van der Waals surface area (Å²) in [5, 5.41) is 9.04. The van der Waals surface area contributed by atoms with Gasteiger partial charge in [-0.25, -0.2) is 0 Å². The maximum absolute atomic E-state index is 11.0. The Morgan fingerprint density at radius 1 is 1.28 bits per heavy atom. The molecule has 3 nitrogen and oxygen atoms in total. The first-order valence-electron chi connectivity index (χ1n) is 8.57. The topological polar surface area (TPSA) is 46.5 Å². The number of hydrogen-bond acceptors (Lipinski definition) is 2. The minimum absolute atomic E-state index is 0.0102. The predicted octanol–water partition coefficient (Wildman–Crippen LogP) is 4.64. The third-order valence-electron chi connectivity index (χ3n) is 4.71. The molecule has 1 aliphatic rings. The lowest BCUT2D eigenvalue weighted by Gasteiger charge is -2.16. The molecular formula is C22H22O3. The molecule has 0 radical (unpaired) electrons. The van der Waals surface area contributed by atoms with Crippen molar-refractivity contribution >= 4 is 5.97 Å². The molecule has 0 aliphatic heterocycles. The standard InChI is InChI=1S/C22H22O3/c1-3-5-17(14-22(23)24)16-8-10-18(11-9-16)25-21-13-12-19-15(2)6-4-7-20(19)21/h4,6-11,17,21H,12-14H2,1-2H3,(H,23,24)/t17-,21?/m0/s1. The van der Waals surface area contributed by atoms with Crippen LogP contribution >= 0.6 is 0 Å². The maximum Gasteiger partial charge on any atom is 0.304 e. The Morgan fingerprint density at radius 3 is 2.72 bits per heavy atom. The van der Waals surface area contributed by atoms with Crippen molar-refractivity contribution in [2.45, 2.75) is 45.1 Å². The first-order chi connectivity index (χ1) is 12.1. The Bertz CT molecular complexity index is 825. The summed E-state index contributed by atoms with van der Waals surface area (Å²) < 4.78 is 6.18. The van der Waals surface area contributed by atoms with Crippen LogP contribution in [-0.4, -0.2) is 11.1 Å². The van der Waals surface area contributed by atoms with Crippen LogP contribution in [0.25, 0.3) is 0 Å². The fraction of sp³-hybridized carbons (Fsp3) is 0.318. The normalized spacial score (nSPS) is 16.5. The maximum atomic E-state index is 11.0. The van der Waals surface area contributed by atoms with Gasteiger partial charge in [0.15, 0.2) is 0 Å². The van der Waals surface area contributed by atoms with Crippen molar-refractivity contribution in [3.05, 3.63) is 64.7 Å². The van der Waals surface area contributed by atoms with Gasteiger partial charge in [0.2, 0.25) is 0 Å². The van der Waals surface area contributed by atoms with Gasteiger partial charge in [-0.3, -0.25) is 4.79 Å². The van der Waals surface area contributed by atoms with Gasteiger partial charge in [0.1, 0.15) is 11.9 Å². The van der Waals surface area contributed by atoms with Gasteiger partial charge >= 0.3 is 5.97 Å². The van der Waals surface area contributed by atoms with Crippen LogP contribution in [-0.2, 0) is 11.2 Å². The van der Waals surface area contributed by atoms with Crippen molar-refractivity contribution < 1.29 is 14.6 Å². The van der Waals surface area contributed by atoms with E-state index in [2.05, 4.69) is 37.0 Å². The number of ether oxygens (including phenoxy) is 1. The van der Waals surface area contributed by atoms with E-state index in [4.69, 9.17) is 9.84 Å². The fourth-order valence-electron chi connectivity index (χ4n) is 3.47. The van der Waals surface area contributed by atoms with E-state index in [9.17, 15) is 4.79 Å². The molecule has 0 bridgehead atoms. The number of aliphatic carboxylic acids is 1. The molecule has 1 unspecified atom stereocenters. The molecule has 3 rings (SSSR count). The molecule has 2 aromatic rings. The minimum Gasteiger partial charge on any atom is -0.486 e. The number of carbonyl (C=O) groups is 1. The van der Waals surface area contributed by atoms with Crippen LogP contribution in [0.3, 0.4) is 0 Å². The van der Waals surface area contributed by atoms with Crippen LogP contribution < -0.4 is 4.74 Å². The molecule has 128 valence electrons. The largest absolute Gasteiger partial charge is 0.486 e. The Morgan fingerprint density at radius 2 is 2.04 bits per heavy atom. The summed E-state index contributed by atoms with van der Waals surface area (Å²) in [6.45, 7) is 3.87. The summed E-state index contributed by atoms with van der Waals surface area (Å²) in [7, 11) is 0. The zero-order chi connectivity index (χ0) is 17.8. The minimum atomic E-state index is -0.842. The molecule has 2 atom stereocenters. The highest BCUT2D eigenvalue weighted by atomic mass is 16.5. The number of rotatable bonds is 5. The highest BCUT2D eigenvalue weighted by Gasteiger charge is 2.25. The van der Waals surface area contributed by atoms with E-state index in [0.717, 1.165) is 24.2 Å². The predicted molar refractivity (Wildman–Crippen MR) is 97.8 cm³/mol. The SMILES string of the molecule is CC#C[C@@H](CC(=O)O)c1ccc(OC2CCc3c(C)cccc32)cc1. The summed E-state index contributed by atoms with van der Waals surface area (Å²) in [4.78, 5) is 11.0. The lowest BCUT2D eigenvalue weighted by molar-refractivity contribution is -0.137. The quantitative estimate of drug-likeness (QED) is 0.810. The number of carboxylic acid groups (broad SMARTS) is 1. The lowest BCUT2D eigenvalue weighted by Crippen LogP contribution is -2.06. The van der Waals surface area contributed by atoms with Gasteiger partial charge in [-0.1, -0.05) is 36.3 Å². The van der Waals surface area contributed by atoms with Gasteiger partial charge in [-0.2, -0.15) is 0 Å². The van der Waals surface area contributed by atoms with Crippen molar-refractivity contribution in [2.24, 2.45) is 0 Å². The van der Waals surface area contributed by atoms with Crippen LogP contribution in [0.5, 0.6) is 5.75 Å². The van der Waals surface area contributed by atoms with E-state index in [1.54, 1.807) is 6.92 Å². The lowest BCUT2D eigenvalue weighted by atomic mass is 9.96. The Kier molecular flexibility index (Phi) is 5.09. The van der Waals surface area contributed by atoms with E-state index in [1.807, 2.05) is 24.3 Å². The van der Waals surface area contributed by atoms with Crippen molar-refractivity contribution in [1.82, 2.24) is 0 Å². The Balaban J connectivity index is 1.74. The van der Waals surface area contributed by atoms with Crippen molar-refractivity contribution in [3.63, 3.8) is 0 Å². The monoisotopic (exact) mass is 334 g/mol. The van der Waals surface area contributed by atoms with Gasteiger partial charge in [-0.05, 0) is 61.1 Å². The number of hydrogen-bond donors (Lipinski definition) is 1. The zero-order valence-corrected chi connectivity index (χ0v) is 14.6. The molecule has 1 N–H and O–H groups in total. The second kappa shape index (κ2) is 7.44. The van der Waals surface area contributed by atoms with Gasteiger partial charge in [0.25, 0.3) is 0 Å². The highest BCUT2D eigenvalue weighted by molar-refractivity contribution is 5.69. The number of carboxylic acids is 1. The molecule has 0 amide bonds. The summed E-state index contributed by atoms with van der Waals surface area (Å²) >= 11 is 0. The molecule has 2 aromatic carbocycles. The van der Waals surface area contributed by atoms with Crippen LogP contribution in [0.1, 0.15) is 54.0 Å². The van der Waals surface area contributed by atoms with Gasteiger partial charge in [0.05, 0.1) is 12.3 Å². The number of fused-ring (bicyclic) bond motifs is 1. The van der Waals surface area contributed by atoms with Crippen molar-refractivity contribution in [1.29, 1.82) is 0 Å². The third kappa shape index (κ3) is 3.85. The smallest absolute Gasteiger partial charge is 0.304 e. The van der Waals surface area contributed by atoms with E-state index >= 15 is 0 Å². The van der Waals surface area contributed by atoms with E-state index < -0.39 is 5.97 Å². The third-order valence-corrected chi connectivity index (χ3v) is 4.71. The Labute approximate surface area is 148 Å². The summed E-state index contributed by atoms with van der Waals surface area (Å²) in [6, 6.07) is 14.0. The van der Waals surface area contributed by atoms with Crippen molar-refractivity contribution in [2.75, 3.05) is 0 Å². The average Bonchev–Trinajstić information content (AvgIpc) is 2.99. The van der Waals surface area contributed by atoms with E-state index in [0.29, 0.717) is 0 Å². The van der Waals surface area contributed by atoms with Gasteiger partial charge in [0, 0.05) is 0 Å². The van der Waals surface area contributed by atoms with Crippen LogP contribution in [0.4, 0.5) is 0 Å². The summed E-state index contributed by atoms with van der Waals surface area (Å²) in [5.74, 6) is 5.47. The first kappa shape index (κ1) is 17.1. The summed E-state index contributed by atoms with van der Waals surface area (Å²) in [6.07, 6.45) is 2.14. The highest BCUT2D eigenvalue weighted by Crippen LogP contribution is 2.36. The van der Waals surface area contributed by atoms with E-state index in [1.165, 1.54) is 16.7 Å². The van der Waals surface area contributed by atoms with E-state index in [-0.39, 0.29) is 18.4 Å². The second-order valence-corrected chi connectivity index (χ2v) is 6.40. The van der Waals surface area contributed by atoms with Crippen LogP contribution in [0.15, 0.2) is 42.5 Å². The molecule has 25 heavy (non-hydrogen) atoms. The van der Waals surface area contributed by atoms with Crippen molar-refractivity contribution in [3.8, 4) is 17.6 Å². The molecule has 0 spiro atoms. The molecule has 3 heteroatoms. The molecule has 0 saturated carbocycles. The Hall–Kier alpha value is -2.73. The molecule has 0 aromatic heterocycles. The fourth-order valence-corrected chi connectivity index (χ4v) is 3.47. The second-order valence-electron chi connectivity index (χ2n) is 6.40. The molecular weight excluding hydrogens is 312 g/mol. The first-order valence-corrected chi connectivity index (χ1v) is 8.57. The van der Waals surface area contributed by atoms with Crippen LogP contribution in [0.2, 0.25) is 0 Å².